The van der Waals surface area contributed by atoms with Crippen LogP contribution in [-0.4, -0.2) is 44.9 Å². The number of ether oxygens (including phenoxy) is 2. The molecule has 1 amide bonds. The van der Waals surface area contributed by atoms with Gasteiger partial charge in [-0.25, -0.2) is 4.39 Å². The van der Waals surface area contributed by atoms with Gasteiger partial charge in [0.25, 0.3) is 5.91 Å². The van der Waals surface area contributed by atoms with Gasteiger partial charge in [0.2, 0.25) is 0 Å². The van der Waals surface area contributed by atoms with E-state index < -0.39 is 5.60 Å². The molecule has 1 fully saturated rings. The van der Waals surface area contributed by atoms with Crippen molar-refractivity contribution < 1.29 is 18.7 Å². The normalized spacial score (nSPS) is 19.0. The summed E-state index contributed by atoms with van der Waals surface area (Å²) < 4.78 is 25.3. The Morgan fingerprint density at radius 3 is 2.74 bits per heavy atom. The number of amides is 1. The van der Waals surface area contributed by atoms with Crippen LogP contribution in [0, 0.1) is 5.82 Å². The molecule has 0 aliphatic carbocycles. The van der Waals surface area contributed by atoms with Crippen LogP contribution < -0.4 is 15.0 Å². The largest absolute Gasteiger partial charge is 0.496 e. The highest BCUT2D eigenvalue weighted by Crippen LogP contribution is 2.33. The van der Waals surface area contributed by atoms with Gasteiger partial charge in [0.1, 0.15) is 11.6 Å². The Labute approximate surface area is 205 Å². The maximum absolute atomic E-state index is 13.8. The first-order valence-electron chi connectivity index (χ1n) is 12.3. The summed E-state index contributed by atoms with van der Waals surface area (Å²) in [6, 6.07) is 20.8. The molecule has 1 atom stereocenters. The van der Waals surface area contributed by atoms with E-state index in [0.29, 0.717) is 37.3 Å². The van der Waals surface area contributed by atoms with Gasteiger partial charge in [-0.15, -0.1) is 0 Å². The molecular weight excluding hydrogens is 443 g/mol. The number of rotatable bonds is 8. The summed E-state index contributed by atoms with van der Waals surface area (Å²) in [5.41, 5.74) is 4.36. The minimum atomic E-state index is -0.846. The van der Waals surface area contributed by atoms with Crippen molar-refractivity contribution in [2.75, 3.05) is 38.3 Å². The minimum Gasteiger partial charge on any atom is -0.496 e. The van der Waals surface area contributed by atoms with Gasteiger partial charge in [-0.2, -0.15) is 0 Å². The van der Waals surface area contributed by atoms with E-state index in [4.69, 9.17) is 9.47 Å². The van der Waals surface area contributed by atoms with Crippen LogP contribution in [0.3, 0.4) is 0 Å². The number of nitrogens with zero attached hydrogens (tertiary/aromatic N) is 1. The number of halogens is 1. The molecule has 0 aromatic heterocycles. The third kappa shape index (κ3) is 4.89. The van der Waals surface area contributed by atoms with E-state index in [2.05, 4.69) is 34.5 Å². The number of anilines is 1. The number of fused-ring (bicyclic) bond motifs is 1. The van der Waals surface area contributed by atoms with E-state index in [1.54, 1.807) is 13.2 Å². The van der Waals surface area contributed by atoms with Crippen LogP contribution in [0.1, 0.15) is 24.0 Å². The van der Waals surface area contributed by atoms with E-state index in [9.17, 15) is 9.18 Å². The lowest BCUT2D eigenvalue weighted by atomic mass is 9.89. The van der Waals surface area contributed by atoms with Crippen LogP contribution in [0.5, 0.6) is 5.75 Å². The van der Waals surface area contributed by atoms with Crippen molar-refractivity contribution in [3.63, 3.8) is 0 Å². The van der Waals surface area contributed by atoms with E-state index in [-0.39, 0.29) is 11.7 Å². The van der Waals surface area contributed by atoms with Crippen LogP contribution in [0.2, 0.25) is 0 Å². The molecule has 0 saturated carbocycles. The molecule has 35 heavy (non-hydrogen) atoms. The lowest BCUT2D eigenvalue weighted by molar-refractivity contribution is -0.141. The monoisotopic (exact) mass is 474 g/mol. The predicted octanol–water partition coefficient (Wildman–Crippen LogP) is 4.77. The van der Waals surface area contributed by atoms with Gasteiger partial charge in [0, 0.05) is 43.9 Å². The molecule has 0 bridgehead atoms. The smallest absolute Gasteiger partial charge is 0.252 e. The Hall–Kier alpha value is -3.38. The molecule has 1 N–H and O–H groups in total. The summed E-state index contributed by atoms with van der Waals surface area (Å²) in [5, 5.41) is 3.14. The van der Waals surface area contributed by atoms with Crippen molar-refractivity contribution >= 4 is 11.6 Å². The maximum Gasteiger partial charge on any atom is 0.252 e. The van der Waals surface area contributed by atoms with Crippen LogP contribution in [0.25, 0.3) is 11.1 Å². The van der Waals surface area contributed by atoms with Gasteiger partial charge in [0.05, 0.1) is 7.11 Å². The van der Waals surface area contributed by atoms with E-state index >= 15 is 0 Å². The summed E-state index contributed by atoms with van der Waals surface area (Å²) in [6.45, 7) is 2.93. The van der Waals surface area contributed by atoms with E-state index in [1.807, 2.05) is 24.3 Å². The number of carbonyl (C=O) groups is 1. The zero-order valence-electron chi connectivity index (χ0n) is 20.1. The van der Waals surface area contributed by atoms with Gasteiger partial charge in [-0.1, -0.05) is 42.5 Å². The number of hydrogen-bond acceptors (Lipinski definition) is 4. The van der Waals surface area contributed by atoms with Crippen molar-refractivity contribution in [1.29, 1.82) is 0 Å². The highest BCUT2D eigenvalue weighted by atomic mass is 19.1. The summed E-state index contributed by atoms with van der Waals surface area (Å²) in [5.74, 6) is 0.269. The molecule has 3 aromatic rings. The third-order valence-corrected chi connectivity index (χ3v) is 7.08. The average molecular weight is 475 g/mol. The average Bonchev–Trinajstić information content (AvgIpc) is 3.53. The minimum absolute atomic E-state index is 0.0432. The molecule has 182 valence electrons. The Balaban J connectivity index is 1.24. The Bertz CT molecular complexity index is 1190. The van der Waals surface area contributed by atoms with Crippen molar-refractivity contribution in [2.24, 2.45) is 0 Å². The molecule has 3 aromatic carbocycles. The standard InChI is InChI=1S/C29H31FN2O3/c1-34-27-12-11-24(30)19-25(27)22-9-7-21(8-10-22)20-29(14-4-18-35-29)28(33)31-15-17-32-16-13-23-5-2-3-6-26(23)32/h2-3,5-12,19H,4,13-18,20H2,1H3,(H,31,33)/t29-/m1/s1. The molecule has 0 spiro atoms. The topological polar surface area (TPSA) is 50.8 Å². The molecule has 5 nitrogen and oxygen atoms in total. The van der Waals surface area contributed by atoms with Crippen molar-refractivity contribution in [3.05, 3.63) is 83.7 Å². The molecule has 5 rings (SSSR count). The summed E-state index contributed by atoms with van der Waals surface area (Å²) in [6.07, 6.45) is 3.12. The van der Waals surface area contributed by atoms with Gasteiger partial charge in [0.15, 0.2) is 5.60 Å². The van der Waals surface area contributed by atoms with Crippen molar-refractivity contribution in [3.8, 4) is 16.9 Å². The number of hydrogen-bond donors (Lipinski definition) is 1. The molecule has 2 heterocycles. The van der Waals surface area contributed by atoms with Crippen molar-refractivity contribution in [2.45, 2.75) is 31.3 Å². The van der Waals surface area contributed by atoms with Crippen molar-refractivity contribution in [1.82, 2.24) is 5.32 Å². The second-order valence-corrected chi connectivity index (χ2v) is 9.29. The van der Waals surface area contributed by atoms with Crippen LogP contribution in [0.15, 0.2) is 66.7 Å². The van der Waals surface area contributed by atoms with E-state index in [0.717, 1.165) is 37.1 Å². The zero-order valence-corrected chi connectivity index (χ0v) is 20.1. The molecule has 6 heteroatoms. The second kappa shape index (κ2) is 10.1. The molecule has 0 radical (unpaired) electrons. The van der Waals surface area contributed by atoms with E-state index in [1.165, 1.54) is 23.4 Å². The highest BCUT2D eigenvalue weighted by molar-refractivity contribution is 5.86. The Morgan fingerprint density at radius 2 is 1.97 bits per heavy atom. The summed E-state index contributed by atoms with van der Waals surface area (Å²) >= 11 is 0. The zero-order chi connectivity index (χ0) is 24.3. The predicted molar refractivity (Wildman–Crippen MR) is 135 cm³/mol. The second-order valence-electron chi connectivity index (χ2n) is 9.29. The first-order chi connectivity index (χ1) is 17.1. The lowest BCUT2D eigenvalue weighted by Crippen LogP contribution is -2.49. The Kier molecular flexibility index (Phi) is 6.73. The fraction of sp³-hybridized carbons (Fsp3) is 0.345. The first kappa shape index (κ1) is 23.4. The van der Waals surface area contributed by atoms with Crippen LogP contribution in [0.4, 0.5) is 10.1 Å². The van der Waals surface area contributed by atoms with Gasteiger partial charge >= 0.3 is 0 Å². The highest BCUT2D eigenvalue weighted by Gasteiger charge is 2.42. The molecule has 0 unspecified atom stereocenters. The molecular formula is C29H31FN2O3. The van der Waals surface area contributed by atoms with Gasteiger partial charge in [-0.05, 0) is 60.2 Å². The molecule has 2 aliphatic rings. The van der Waals surface area contributed by atoms with Crippen LogP contribution >= 0.6 is 0 Å². The number of para-hydroxylation sites is 1. The van der Waals surface area contributed by atoms with Crippen LogP contribution in [-0.2, 0) is 22.4 Å². The Morgan fingerprint density at radius 1 is 1.14 bits per heavy atom. The SMILES string of the molecule is COc1ccc(F)cc1-c1ccc(C[C@@]2(C(=O)NCCN3CCc4ccccc43)CCCO2)cc1. The van der Waals surface area contributed by atoms with Gasteiger partial charge < -0.3 is 19.7 Å². The van der Waals surface area contributed by atoms with Gasteiger partial charge in [-0.3, -0.25) is 4.79 Å². The summed E-state index contributed by atoms with van der Waals surface area (Å²) in [4.78, 5) is 15.6. The summed E-state index contributed by atoms with van der Waals surface area (Å²) in [7, 11) is 1.58. The maximum atomic E-state index is 13.8. The number of benzene rings is 3. The molecule has 2 aliphatic heterocycles. The molecule has 1 saturated heterocycles. The quantitative estimate of drug-likeness (QED) is 0.511. The lowest BCUT2D eigenvalue weighted by Gasteiger charge is -2.28. The first-order valence-corrected chi connectivity index (χ1v) is 12.3. The number of nitrogens with one attached hydrogen (secondary N) is 1. The number of methoxy groups -OCH3 is 1. The third-order valence-electron chi connectivity index (χ3n) is 7.08. The number of carbonyl (C=O) groups excluding carboxylic acids is 1. The fourth-order valence-electron chi connectivity index (χ4n) is 5.24. The fourth-order valence-corrected chi connectivity index (χ4v) is 5.24.